The van der Waals surface area contributed by atoms with Crippen molar-refractivity contribution in [2.45, 2.75) is 19.3 Å². The van der Waals surface area contributed by atoms with Crippen molar-refractivity contribution in [1.82, 2.24) is 0 Å². The highest BCUT2D eigenvalue weighted by molar-refractivity contribution is 9.10. The first-order chi connectivity index (χ1) is 7.97. The summed E-state index contributed by atoms with van der Waals surface area (Å²) < 4.78 is 31.4. The van der Waals surface area contributed by atoms with Crippen LogP contribution in [0.4, 0.5) is 8.78 Å². The van der Waals surface area contributed by atoms with Crippen molar-refractivity contribution in [2.75, 3.05) is 7.11 Å². The Morgan fingerprint density at radius 2 is 2.18 bits per heavy atom. The van der Waals surface area contributed by atoms with Gasteiger partial charge in [-0.15, -0.1) is 0 Å². The lowest BCUT2D eigenvalue weighted by atomic mass is 10.1. The van der Waals surface area contributed by atoms with Crippen LogP contribution in [-0.2, 0) is 11.2 Å². The van der Waals surface area contributed by atoms with Crippen LogP contribution < -0.4 is 4.74 Å². The predicted molar refractivity (Wildman–Crippen MR) is 61.2 cm³/mol. The number of ether oxygens (including phenoxy) is 1. The molecule has 0 bridgehead atoms. The third-order valence-electron chi connectivity index (χ3n) is 2.24. The number of hydrogen-bond donors (Lipinski definition) is 1. The number of carboxylic acid groups (broad SMARTS) is 1. The molecule has 0 amide bonds. The molecule has 0 aliphatic heterocycles. The van der Waals surface area contributed by atoms with Crippen molar-refractivity contribution >= 4 is 21.9 Å². The van der Waals surface area contributed by atoms with E-state index in [9.17, 15) is 13.6 Å². The minimum absolute atomic E-state index is 0.0522. The molecule has 1 aromatic rings. The molecule has 0 aliphatic carbocycles. The van der Waals surface area contributed by atoms with Crippen LogP contribution in [0.2, 0.25) is 0 Å². The van der Waals surface area contributed by atoms with Crippen LogP contribution in [0, 0.1) is 11.6 Å². The lowest BCUT2D eigenvalue weighted by molar-refractivity contribution is -0.137. The van der Waals surface area contributed by atoms with Gasteiger partial charge in [0.15, 0.2) is 11.6 Å². The average molecular weight is 309 g/mol. The smallest absolute Gasteiger partial charge is 0.303 e. The fourth-order valence-electron chi connectivity index (χ4n) is 1.46. The summed E-state index contributed by atoms with van der Waals surface area (Å²) >= 11 is 2.77. The van der Waals surface area contributed by atoms with Crippen LogP contribution in [-0.4, -0.2) is 18.2 Å². The molecular weight excluding hydrogens is 298 g/mol. The molecule has 0 fully saturated rings. The van der Waals surface area contributed by atoms with Gasteiger partial charge in [0, 0.05) is 12.0 Å². The first-order valence-corrected chi connectivity index (χ1v) is 5.68. The fraction of sp³-hybridized carbons (Fsp3) is 0.364. The third kappa shape index (κ3) is 3.39. The topological polar surface area (TPSA) is 46.5 Å². The van der Waals surface area contributed by atoms with Crippen LogP contribution in [0.25, 0.3) is 0 Å². The SMILES string of the molecule is COc1c(CCCC(=O)O)cc(F)c(Br)c1F. The molecule has 0 spiro atoms. The number of hydrogen-bond acceptors (Lipinski definition) is 2. The van der Waals surface area contributed by atoms with Crippen LogP contribution in [0.15, 0.2) is 10.5 Å². The van der Waals surface area contributed by atoms with Crippen molar-refractivity contribution in [3.05, 3.63) is 27.7 Å². The zero-order valence-electron chi connectivity index (χ0n) is 9.10. The first-order valence-electron chi connectivity index (χ1n) is 4.89. The van der Waals surface area contributed by atoms with Gasteiger partial charge in [0.1, 0.15) is 5.82 Å². The molecule has 0 radical (unpaired) electrons. The molecule has 0 saturated heterocycles. The van der Waals surface area contributed by atoms with Crippen LogP contribution in [0.1, 0.15) is 18.4 Å². The van der Waals surface area contributed by atoms with E-state index in [0.717, 1.165) is 6.07 Å². The lowest BCUT2D eigenvalue weighted by Crippen LogP contribution is -2.01. The zero-order valence-corrected chi connectivity index (χ0v) is 10.7. The van der Waals surface area contributed by atoms with Crippen LogP contribution >= 0.6 is 15.9 Å². The number of methoxy groups -OCH3 is 1. The highest BCUT2D eigenvalue weighted by Gasteiger charge is 2.17. The average Bonchev–Trinajstić information content (AvgIpc) is 2.26. The monoisotopic (exact) mass is 308 g/mol. The number of aryl methyl sites for hydroxylation is 1. The summed E-state index contributed by atoms with van der Waals surface area (Å²) in [4.78, 5) is 10.3. The number of carboxylic acids is 1. The number of halogens is 3. The first kappa shape index (κ1) is 13.9. The maximum Gasteiger partial charge on any atom is 0.303 e. The van der Waals surface area contributed by atoms with E-state index in [2.05, 4.69) is 15.9 Å². The molecule has 0 heterocycles. The molecule has 0 unspecified atom stereocenters. The summed E-state index contributed by atoms with van der Waals surface area (Å²) in [7, 11) is 1.28. The predicted octanol–water partition coefficient (Wildman–Crippen LogP) is 3.14. The second kappa shape index (κ2) is 5.95. The molecule has 0 atom stereocenters. The molecule has 0 aromatic heterocycles. The van der Waals surface area contributed by atoms with E-state index in [4.69, 9.17) is 9.84 Å². The van der Waals surface area contributed by atoms with Gasteiger partial charge in [-0.25, -0.2) is 8.78 Å². The van der Waals surface area contributed by atoms with Gasteiger partial charge in [0.2, 0.25) is 0 Å². The normalized spacial score (nSPS) is 10.4. The Morgan fingerprint density at radius 3 is 2.71 bits per heavy atom. The summed E-state index contributed by atoms with van der Waals surface area (Å²) in [6.07, 6.45) is 0.491. The van der Waals surface area contributed by atoms with Gasteiger partial charge in [0.25, 0.3) is 0 Å². The summed E-state index contributed by atoms with van der Waals surface area (Å²) in [6.45, 7) is 0. The van der Waals surface area contributed by atoms with E-state index in [0.29, 0.717) is 12.0 Å². The summed E-state index contributed by atoms with van der Waals surface area (Å²) in [5.74, 6) is -2.53. The Morgan fingerprint density at radius 1 is 1.53 bits per heavy atom. The Kier molecular flexibility index (Phi) is 4.86. The standard InChI is InChI=1S/C11H11BrF2O3/c1-17-11-6(3-2-4-8(15)16)5-7(13)9(12)10(11)14/h5H,2-4H2,1H3,(H,15,16). The van der Waals surface area contributed by atoms with Gasteiger partial charge in [0.05, 0.1) is 11.6 Å². The van der Waals surface area contributed by atoms with E-state index < -0.39 is 17.6 Å². The molecule has 1 aromatic carbocycles. The Balaban J connectivity index is 2.94. The molecule has 3 nitrogen and oxygen atoms in total. The van der Waals surface area contributed by atoms with E-state index in [1.807, 2.05) is 0 Å². The Labute approximate surface area is 106 Å². The van der Waals surface area contributed by atoms with Gasteiger partial charge >= 0.3 is 5.97 Å². The largest absolute Gasteiger partial charge is 0.493 e. The minimum atomic E-state index is -0.943. The van der Waals surface area contributed by atoms with Crippen molar-refractivity contribution < 1.29 is 23.4 Å². The number of rotatable bonds is 5. The maximum absolute atomic E-state index is 13.6. The summed E-state index contributed by atoms with van der Waals surface area (Å²) in [5.41, 5.74) is 0.326. The third-order valence-corrected chi connectivity index (χ3v) is 2.96. The van der Waals surface area contributed by atoms with Crippen LogP contribution in [0.3, 0.4) is 0 Å². The maximum atomic E-state index is 13.6. The fourth-order valence-corrected chi connectivity index (χ4v) is 1.76. The summed E-state index contributed by atoms with van der Waals surface area (Å²) in [6, 6.07) is 1.15. The van der Waals surface area contributed by atoms with Crippen molar-refractivity contribution in [3.63, 3.8) is 0 Å². The molecule has 94 valence electrons. The van der Waals surface area contributed by atoms with Crippen LogP contribution in [0.5, 0.6) is 5.75 Å². The Bertz CT molecular complexity index is 435. The molecule has 6 heteroatoms. The highest BCUT2D eigenvalue weighted by Crippen LogP contribution is 2.32. The second-order valence-electron chi connectivity index (χ2n) is 3.43. The molecule has 0 aliphatic rings. The number of benzene rings is 1. The van der Waals surface area contributed by atoms with Crippen molar-refractivity contribution in [2.24, 2.45) is 0 Å². The van der Waals surface area contributed by atoms with Gasteiger partial charge < -0.3 is 9.84 Å². The van der Waals surface area contributed by atoms with E-state index in [-0.39, 0.29) is 23.1 Å². The quantitative estimate of drug-likeness (QED) is 0.850. The molecular formula is C11H11BrF2O3. The Hall–Kier alpha value is -1.17. The van der Waals surface area contributed by atoms with Crippen molar-refractivity contribution in [1.29, 1.82) is 0 Å². The van der Waals surface area contributed by atoms with E-state index in [1.54, 1.807) is 0 Å². The van der Waals surface area contributed by atoms with Gasteiger partial charge in [-0.05, 0) is 34.8 Å². The second-order valence-corrected chi connectivity index (χ2v) is 4.22. The summed E-state index contributed by atoms with van der Waals surface area (Å²) in [5, 5.41) is 8.48. The molecule has 1 N–H and O–H groups in total. The van der Waals surface area contributed by atoms with Gasteiger partial charge in [-0.2, -0.15) is 0 Å². The number of carbonyl (C=O) groups is 1. The van der Waals surface area contributed by atoms with E-state index >= 15 is 0 Å². The zero-order chi connectivity index (χ0) is 13.0. The molecule has 1 rings (SSSR count). The van der Waals surface area contributed by atoms with Gasteiger partial charge in [-0.3, -0.25) is 4.79 Å². The van der Waals surface area contributed by atoms with Gasteiger partial charge in [-0.1, -0.05) is 0 Å². The minimum Gasteiger partial charge on any atom is -0.493 e. The highest BCUT2D eigenvalue weighted by atomic mass is 79.9. The van der Waals surface area contributed by atoms with E-state index in [1.165, 1.54) is 7.11 Å². The lowest BCUT2D eigenvalue weighted by Gasteiger charge is -2.11. The van der Waals surface area contributed by atoms with Crippen molar-refractivity contribution in [3.8, 4) is 5.75 Å². The molecule has 17 heavy (non-hydrogen) atoms. The molecule has 0 saturated carbocycles. The number of aliphatic carboxylic acids is 1.